The Morgan fingerprint density at radius 3 is 2.50 bits per heavy atom. The number of likely N-dealkylation sites (N-methyl/N-ethyl adjacent to an activating group) is 1. The molecule has 3 rings (SSSR count). The molecule has 1 unspecified atom stereocenters. The number of carbonyl (C=O) groups excluding carboxylic acids is 4. The van der Waals surface area contributed by atoms with Gasteiger partial charge in [-0.25, -0.2) is 9.38 Å². The quantitative estimate of drug-likeness (QED) is 0.472. The van der Waals surface area contributed by atoms with Crippen LogP contribution in [0.1, 0.15) is 41.5 Å². The summed E-state index contributed by atoms with van der Waals surface area (Å²) in [7, 11) is 1.24. The summed E-state index contributed by atoms with van der Waals surface area (Å²) in [6.45, 7) is 3.81. The molecule has 0 aliphatic carbocycles. The highest BCUT2D eigenvalue weighted by Crippen LogP contribution is 2.18. The van der Waals surface area contributed by atoms with Crippen molar-refractivity contribution in [2.24, 2.45) is 4.99 Å². The van der Waals surface area contributed by atoms with Crippen LogP contribution < -0.4 is 10.6 Å². The molecule has 1 aliphatic heterocycles. The molecule has 2 N–H and O–H groups in total. The molecule has 2 aromatic rings. The Morgan fingerprint density at radius 1 is 1.25 bits per heavy atom. The van der Waals surface area contributed by atoms with Gasteiger partial charge in [0.1, 0.15) is 11.7 Å². The Balaban J connectivity index is 1.87. The third-order valence-corrected chi connectivity index (χ3v) is 4.37. The molecule has 0 saturated heterocycles. The molecule has 168 valence electrons. The lowest BCUT2D eigenvalue weighted by atomic mass is 9.98. The van der Waals surface area contributed by atoms with Gasteiger partial charge in [0, 0.05) is 20.5 Å². The third kappa shape index (κ3) is 4.68. The van der Waals surface area contributed by atoms with E-state index in [-0.39, 0.29) is 23.2 Å². The SMILES string of the molecule is [2H]c1c([2H])c(CNC(=O)C2N=C(C(C)(C)NC(=O)c3nnc(C)o3)N(C)C(=O)C2=O)c([2H])c([2H])c1F. The van der Waals surface area contributed by atoms with Crippen LogP contribution in [-0.4, -0.2) is 63.1 Å². The largest absolute Gasteiger partial charge is 0.417 e. The number of nitrogens with one attached hydrogen (secondary N) is 2. The van der Waals surface area contributed by atoms with Gasteiger partial charge in [-0.05, 0) is 31.5 Å². The number of amides is 3. The molecule has 0 radical (unpaired) electrons. The molecule has 2 heterocycles. The molecule has 1 aromatic carbocycles. The normalized spacial score (nSPS) is 18.3. The van der Waals surface area contributed by atoms with Gasteiger partial charge in [0.15, 0.2) is 6.04 Å². The number of benzene rings is 1. The van der Waals surface area contributed by atoms with Crippen molar-refractivity contribution in [3.63, 3.8) is 0 Å². The van der Waals surface area contributed by atoms with Gasteiger partial charge in [-0.2, -0.15) is 0 Å². The fraction of sp³-hybridized carbons (Fsp3) is 0.350. The van der Waals surface area contributed by atoms with Gasteiger partial charge in [-0.15, -0.1) is 10.2 Å². The van der Waals surface area contributed by atoms with E-state index in [2.05, 4.69) is 25.8 Å². The van der Waals surface area contributed by atoms with Crippen molar-refractivity contribution in [2.45, 2.75) is 38.9 Å². The summed E-state index contributed by atoms with van der Waals surface area (Å²) >= 11 is 0. The summed E-state index contributed by atoms with van der Waals surface area (Å²) in [5.74, 6) is -5.81. The summed E-state index contributed by atoms with van der Waals surface area (Å²) < 4.78 is 49.5. The second kappa shape index (κ2) is 8.65. The second-order valence-electron chi connectivity index (χ2n) is 7.30. The highest BCUT2D eigenvalue weighted by molar-refractivity contribution is 6.46. The van der Waals surface area contributed by atoms with Crippen molar-refractivity contribution in [1.82, 2.24) is 25.7 Å². The molecule has 0 bridgehead atoms. The highest BCUT2D eigenvalue weighted by Gasteiger charge is 2.44. The Kier molecular flexibility index (Phi) is 4.78. The van der Waals surface area contributed by atoms with Gasteiger partial charge in [-0.3, -0.25) is 24.1 Å². The molecule has 3 amide bonds. The van der Waals surface area contributed by atoms with Gasteiger partial charge in [0.05, 0.1) is 11.0 Å². The van der Waals surface area contributed by atoms with E-state index in [0.29, 0.717) is 0 Å². The van der Waals surface area contributed by atoms with E-state index in [1.165, 1.54) is 27.8 Å². The minimum atomic E-state index is -1.86. The number of hydrogen-bond acceptors (Lipinski definition) is 8. The Morgan fingerprint density at radius 2 is 1.91 bits per heavy atom. The smallest absolute Gasteiger partial charge is 0.309 e. The Labute approximate surface area is 187 Å². The van der Waals surface area contributed by atoms with Crippen LogP contribution in [0.25, 0.3) is 0 Å². The first-order chi connectivity index (χ1) is 16.7. The molecular weight excluding hydrogens is 423 g/mol. The van der Waals surface area contributed by atoms with E-state index in [0.717, 1.165) is 4.90 Å². The van der Waals surface area contributed by atoms with Gasteiger partial charge < -0.3 is 15.1 Å². The predicted octanol–water partition coefficient (Wildman–Crippen LogP) is 0.150. The molecule has 0 fully saturated rings. The number of amidine groups is 1. The second-order valence-corrected chi connectivity index (χ2v) is 7.30. The molecular formula is C20H21FN6O5. The number of aryl methyl sites for hydroxylation is 1. The average Bonchev–Trinajstić information content (AvgIpc) is 3.26. The standard InChI is InChI=1S/C20H21FN6O5/c1-10-25-26-17(32-10)16(30)24-20(2,3)19-23-13(14(28)18(31)27(19)4)15(29)22-9-11-5-7-12(21)8-6-11/h5-8,13H,9H2,1-4H3,(H,22,29)(H,24,30)/i5D,6D,7D,8D. The van der Waals surface area contributed by atoms with Crippen LogP contribution in [-0.2, 0) is 20.9 Å². The van der Waals surface area contributed by atoms with Crippen molar-refractivity contribution in [3.8, 4) is 0 Å². The van der Waals surface area contributed by atoms with Crippen molar-refractivity contribution in [2.75, 3.05) is 7.05 Å². The van der Waals surface area contributed by atoms with E-state index in [4.69, 9.17) is 9.90 Å². The van der Waals surface area contributed by atoms with Crippen LogP contribution in [0.3, 0.4) is 0 Å². The fourth-order valence-corrected chi connectivity index (χ4v) is 2.87. The van der Waals surface area contributed by atoms with Crippen molar-refractivity contribution in [1.29, 1.82) is 0 Å². The van der Waals surface area contributed by atoms with Gasteiger partial charge in [0.25, 0.3) is 17.6 Å². The Hall–Kier alpha value is -3.96. The molecule has 0 saturated carbocycles. The number of nitrogens with zero attached hydrogens (tertiary/aromatic N) is 4. The summed E-state index contributed by atoms with van der Waals surface area (Å²) in [5.41, 5.74) is -1.72. The zero-order valence-electron chi connectivity index (χ0n) is 21.5. The van der Waals surface area contributed by atoms with Crippen LogP contribution in [0.2, 0.25) is 0 Å². The summed E-state index contributed by atoms with van der Waals surface area (Å²) in [6.07, 6.45) is 0. The fourth-order valence-electron chi connectivity index (χ4n) is 2.87. The maximum absolute atomic E-state index is 13.8. The van der Waals surface area contributed by atoms with E-state index in [1.54, 1.807) is 0 Å². The molecule has 32 heavy (non-hydrogen) atoms. The monoisotopic (exact) mass is 448 g/mol. The van der Waals surface area contributed by atoms with Gasteiger partial charge >= 0.3 is 11.8 Å². The van der Waals surface area contributed by atoms with E-state index < -0.39 is 71.6 Å². The number of aromatic nitrogens is 2. The maximum atomic E-state index is 13.8. The minimum Gasteiger partial charge on any atom is -0.417 e. The molecule has 0 spiro atoms. The number of rotatable bonds is 6. The van der Waals surface area contributed by atoms with Crippen LogP contribution in [0.15, 0.2) is 33.6 Å². The predicted molar refractivity (Wildman–Crippen MR) is 108 cm³/mol. The average molecular weight is 448 g/mol. The number of aliphatic imine (C=N–C) groups is 1. The van der Waals surface area contributed by atoms with Gasteiger partial charge in [-0.1, -0.05) is 12.1 Å². The summed E-state index contributed by atoms with van der Waals surface area (Å²) in [5, 5.41) is 11.9. The minimum absolute atomic E-state index is 0.136. The van der Waals surface area contributed by atoms with Gasteiger partial charge in [0.2, 0.25) is 5.89 Å². The van der Waals surface area contributed by atoms with E-state index in [9.17, 15) is 23.6 Å². The van der Waals surface area contributed by atoms with Crippen molar-refractivity contribution < 1.29 is 33.5 Å². The summed E-state index contributed by atoms with van der Waals surface area (Å²) in [6, 6.07) is -5.10. The molecule has 1 aromatic heterocycles. The van der Waals surface area contributed by atoms with Crippen LogP contribution in [0.5, 0.6) is 0 Å². The maximum Gasteiger partial charge on any atom is 0.309 e. The molecule has 11 nitrogen and oxygen atoms in total. The Bertz CT molecular complexity index is 1300. The lowest BCUT2D eigenvalue weighted by Gasteiger charge is -2.36. The van der Waals surface area contributed by atoms with Crippen LogP contribution >= 0.6 is 0 Å². The zero-order chi connectivity index (χ0) is 27.1. The number of Topliss-reactive ketones (excluding diaryl/α,β-unsaturated/α-hetero) is 1. The summed E-state index contributed by atoms with van der Waals surface area (Å²) in [4.78, 5) is 55.3. The van der Waals surface area contributed by atoms with Crippen LogP contribution in [0.4, 0.5) is 4.39 Å². The number of hydrogen-bond donors (Lipinski definition) is 2. The molecule has 1 atom stereocenters. The zero-order valence-corrected chi connectivity index (χ0v) is 17.5. The number of ketones is 1. The number of carbonyl (C=O) groups is 4. The lowest BCUT2D eigenvalue weighted by Crippen LogP contribution is -2.62. The first-order valence-corrected chi connectivity index (χ1v) is 9.22. The van der Waals surface area contributed by atoms with Crippen LogP contribution in [0, 0.1) is 12.7 Å². The van der Waals surface area contributed by atoms with Crippen molar-refractivity contribution in [3.05, 3.63) is 47.3 Å². The first-order valence-electron chi connectivity index (χ1n) is 11.2. The van der Waals surface area contributed by atoms with Crippen molar-refractivity contribution >= 4 is 29.3 Å². The number of halogens is 1. The molecule has 12 heteroatoms. The lowest BCUT2D eigenvalue weighted by molar-refractivity contribution is -0.145. The van der Waals surface area contributed by atoms with E-state index >= 15 is 0 Å². The highest BCUT2D eigenvalue weighted by atomic mass is 19.1. The van der Waals surface area contributed by atoms with E-state index in [1.807, 2.05) is 0 Å². The topological polar surface area (TPSA) is 147 Å². The third-order valence-electron chi connectivity index (χ3n) is 4.37. The molecule has 1 aliphatic rings. The first kappa shape index (κ1) is 17.7.